The largest absolute Gasteiger partial charge is 0.389 e. The molecule has 0 unspecified atom stereocenters. The average Bonchev–Trinajstić information content (AvgIpc) is 2.45. The van der Waals surface area contributed by atoms with Crippen LogP contribution < -0.4 is 5.73 Å². The third-order valence-corrected chi connectivity index (χ3v) is 5.93. The molecule has 1 aromatic heterocycles. The van der Waals surface area contributed by atoms with Crippen molar-refractivity contribution in [2.45, 2.75) is 31.8 Å². The molecule has 0 aliphatic heterocycles. The number of hydrogen-bond donors (Lipinski definition) is 1. The Bertz CT molecular complexity index is 503. The smallest absolute Gasteiger partial charge is 0.159 e. The monoisotopic (exact) mass is 278 g/mol. The van der Waals surface area contributed by atoms with E-state index in [4.69, 9.17) is 18.0 Å². The topological polar surface area (TPSA) is 73.0 Å². The highest BCUT2D eigenvalue weighted by Crippen LogP contribution is 2.21. The molecule has 0 spiro atoms. The predicted octanol–water partition coefficient (Wildman–Crippen LogP) is 1.41. The fraction of sp³-hybridized carbons (Fsp3) is 0.556. The van der Waals surface area contributed by atoms with Crippen LogP contribution in [0.4, 0.5) is 0 Å². The minimum absolute atomic E-state index is 0.0429. The van der Waals surface area contributed by atoms with Crippen molar-refractivity contribution in [2.75, 3.05) is 0 Å². The van der Waals surface area contributed by atoms with Crippen LogP contribution in [0.25, 0.3) is 0 Å². The van der Waals surface area contributed by atoms with Crippen LogP contribution in [0, 0.1) is 6.92 Å². The molecule has 0 saturated carbocycles. The van der Waals surface area contributed by atoms with Crippen molar-refractivity contribution in [2.24, 2.45) is 5.73 Å². The second kappa shape index (κ2) is 4.77. The molecule has 1 rings (SSSR count). The molecule has 0 fully saturated rings. The summed E-state index contributed by atoms with van der Waals surface area (Å²) in [5.41, 5.74) is 6.20. The van der Waals surface area contributed by atoms with Gasteiger partial charge in [-0.1, -0.05) is 12.2 Å². The number of sulfone groups is 1. The highest BCUT2D eigenvalue weighted by molar-refractivity contribution is 7.91. The summed E-state index contributed by atoms with van der Waals surface area (Å²) in [7, 11) is -3.12. The van der Waals surface area contributed by atoms with Gasteiger partial charge in [0.05, 0.1) is 15.8 Å². The molecule has 1 heterocycles. The average molecular weight is 278 g/mol. The maximum absolute atomic E-state index is 11.7. The Morgan fingerprint density at radius 3 is 2.50 bits per heavy atom. The maximum Gasteiger partial charge on any atom is 0.159 e. The summed E-state index contributed by atoms with van der Waals surface area (Å²) in [6, 6.07) is 0. The van der Waals surface area contributed by atoms with E-state index in [1.807, 2.05) is 0 Å². The van der Waals surface area contributed by atoms with Crippen molar-refractivity contribution in [3.63, 3.8) is 0 Å². The quantitative estimate of drug-likeness (QED) is 0.843. The number of thiocarbonyl (C=S) groups is 1. The van der Waals surface area contributed by atoms with Gasteiger partial charge in [-0.25, -0.2) is 13.4 Å². The van der Waals surface area contributed by atoms with Gasteiger partial charge < -0.3 is 5.73 Å². The molecule has 0 bridgehead atoms. The van der Waals surface area contributed by atoms with Gasteiger partial charge >= 0.3 is 0 Å². The van der Waals surface area contributed by atoms with Crippen LogP contribution in [0.5, 0.6) is 0 Å². The molecule has 0 amide bonds. The van der Waals surface area contributed by atoms with Gasteiger partial charge in [0, 0.05) is 0 Å². The van der Waals surface area contributed by atoms with E-state index in [-0.39, 0.29) is 10.7 Å². The first kappa shape index (κ1) is 13.5. The van der Waals surface area contributed by atoms with E-state index in [1.165, 1.54) is 11.3 Å². The first-order chi connectivity index (χ1) is 7.24. The minimum Gasteiger partial charge on any atom is -0.389 e. The third-order valence-electron chi connectivity index (χ3n) is 2.11. The fourth-order valence-corrected chi connectivity index (χ4v) is 3.54. The summed E-state index contributed by atoms with van der Waals surface area (Å²) in [5, 5.41) is 0.152. The third kappa shape index (κ3) is 2.99. The fourth-order valence-electron chi connectivity index (χ4n) is 1.08. The molecule has 1 aromatic rings. The summed E-state index contributed by atoms with van der Waals surface area (Å²) in [4.78, 5) is 5.14. The molecule has 0 aromatic carbocycles. The van der Waals surface area contributed by atoms with Crippen LogP contribution in [-0.4, -0.2) is 23.6 Å². The summed E-state index contributed by atoms with van der Waals surface area (Å²) in [5.74, 6) is -0.0429. The SMILES string of the molecule is Cc1nc(CS(=O)(=O)C(C)C)sc1C(N)=S. The van der Waals surface area contributed by atoms with E-state index < -0.39 is 15.1 Å². The molecule has 4 nitrogen and oxygen atoms in total. The Hall–Kier alpha value is -0.530. The van der Waals surface area contributed by atoms with Crippen molar-refractivity contribution >= 4 is 38.4 Å². The Balaban J connectivity index is 3.01. The number of rotatable bonds is 4. The van der Waals surface area contributed by atoms with Crippen molar-refractivity contribution in [3.8, 4) is 0 Å². The lowest BCUT2D eigenvalue weighted by molar-refractivity contribution is 0.586. The van der Waals surface area contributed by atoms with Gasteiger partial charge in [0.15, 0.2) is 9.84 Å². The van der Waals surface area contributed by atoms with Crippen LogP contribution in [0.3, 0.4) is 0 Å². The van der Waals surface area contributed by atoms with E-state index in [2.05, 4.69) is 4.98 Å². The first-order valence-corrected chi connectivity index (χ1v) is 7.65. The van der Waals surface area contributed by atoms with Crippen LogP contribution in [-0.2, 0) is 15.6 Å². The van der Waals surface area contributed by atoms with Gasteiger partial charge in [-0.2, -0.15) is 0 Å². The summed E-state index contributed by atoms with van der Waals surface area (Å²) >= 11 is 6.11. The van der Waals surface area contributed by atoms with Crippen molar-refractivity contribution in [3.05, 3.63) is 15.6 Å². The van der Waals surface area contributed by atoms with Gasteiger partial charge in [0.1, 0.15) is 15.7 Å². The lowest BCUT2D eigenvalue weighted by Gasteiger charge is -2.04. The molecule has 0 saturated heterocycles. The molecule has 2 N–H and O–H groups in total. The van der Waals surface area contributed by atoms with Crippen LogP contribution in [0.2, 0.25) is 0 Å². The Labute approximate surface area is 105 Å². The van der Waals surface area contributed by atoms with Gasteiger partial charge in [-0.05, 0) is 20.8 Å². The van der Waals surface area contributed by atoms with Crippen molar-refractivity contribution in [1.82, 2.24) is 4.98 Å². The number of nitrogens with zero attached hydrogens (tertiary/aromatic N) is 1. The molecular formula is C9H14N2O2S3. The van der Waals surface area contributed by atoms with Gasteiger partial charge in [0.2, 0.25) is 0 Å². The zero-order chi connectivity index (χ0) is 12.5. The second-order valence-corrected chi connectivity index (χ2v) is 7.82. The molecule has 16 heavy (non-hydrogen) atoms. The summed E-state index contributed by atoms with van der Waals surface area (Å²) in [6.45, 7) is 5.09. The lowest BCUT2D eigenvalue weighted by Crippen LogP contribution is -2.15. The van der Waals surface area contributed by atoms with Crippen LogP contribution in [0.15, 0.2) is 0 Å². The Morgan fingerprint density at radius 1 is 1.56 bits per heavy atom. The minimum atomic E-state index is -3.12. The molecule has 0 aliphatic carbocycles. The van der Waals surface area contributed by atoms with Crippen LogP contribution in [0.1, 0.15) is 29.4 Å². The number of hydrogen-bond acceptors (Lipinski definition) is 5. The molecule has 7 heteroatoms. The van der Waals surface area contributed by atoms with Gasteiger partial charge in [-0.3, -0.25) is 0 Å². The van der Waals surface area contributed by atoms with E-state index in [0.29, 0.717) is 15.6 Å². The first-order valence-electron chi connectivity index (χ1n) is 4.71. The number of thiazole rings is 1. The molecule has 0 aliphatic rings. The van der Waals surface area contributed by atoms with Crippen LogP contribution >= 0.6 is 23.6 Å². The van der Waals surface area contributed by atoms with Gasteiger partial charge in [-0.15, -0.1) is 11.3 Å². The molecule has 0 atom stereocenters. The standard InChI is InChI=1S/C9H14N2O2S3/c1-5(2)16(12,13)4-7-11-6(3)8(15-7)9(10)14/h5H,4H2,1-3H3,(H2,10,14). The van der Waals surface area contributed by atoms with Gasteiger partial charge in [0.25, 0.3) is 0 Å². The summed E-state index contributed by atoms with van der Waals surface area (Å²) < 4.78 is 23.4. The molecular weight excluding hydrogens is 264 g/mol. The van der Waals surface area contributed by atoms with Crippen molar-refractivity contribution in [1.29, 1.82) is 0 Å². The second-order valence-electron chi connectivity index (χ2n) is 3.74. The number of nitrogens with two attached hydrogens (primary N) is 1. The van der Waals surface area contributed by atoms with E-state index in [9.17, 15) is 8.42 Å². The Morgan fingerprint density at radius 2 is 2.12 bits per heavy atom. The summed E-state index contributed by atoms with van der Waals surface area (Å²) in [6.07, 6.45) is 0. The predicted molar refractivity (Wildman–Crippen MR) is 70.5 cm³/mol. The highest BCUT2D eigenvalue weighted by Gasteiger charge is 2.20. The van der Waals surface area contributed by atoms with E-state index in [1.54, 1.807) is 20.8 Å². The Kier molecular flexibility index (Phi) is 4.03. The zero-order valence-electron chi connectivity index (χ0n) is 9.35. The zero-order valence-corrected chi connectivity index (χ0v) is 11.8. The maximum atomic E-state index is 11.7. The number of aryl methyl sites for hydroxylation is 1. The van der Waals surface area contributed by atoms with E-state index in [0.717, 1.165) is 0 Å². The normalized spacial score (nSPS) is 12.0. The van der Waals surface area contributed by atoms with Crippen molar-refractivity contribution < 1.29 is 8.42 Å². The molecule has 90 valence electrons. The number of aromatic nitrogens is 1. The van der Waals surface area contributed by atoms with E-state index >= 15 is 0 Å². The lowest BCUT2D eigenvalue weighted by atomic mass is 10.4. The highest BCUT2D eigenvalue weighted by atomic mass is 32.2. The molecule has 0 radical (unpaired) electrons.